The average Bonchev–Trinajstić information content (AvgIpc) is 3.00. The van der Waals surface area contributed by atoms with Gasteiger partial charge in [0.25, 0.3) is 0 Å². The summed E-state index contributed by atoms with van der Waals surface area (Å²) in [5, 5.41) is 0. The van der Waals surface area contributed by atoms with Crippen LogP contribution in [0.2, 0.25) is 0 Å². The van der Waals surface area contributed by atoms with E-state index in [9.17, 15) is 14.0 Å². The Morgan fingerprint density at radius 2 is 1.91 bits per heavy atom. The highest BCUT2D eigenvalue weighted by Gasteiger charge is 2.11. The molecule has 2 rings (SSSR count). The Balaban J connectivity index is 1.86. The third-order valence-electron chi connectivity index (χ3n) is 2.69. The van der Waals surface area contributed by atoms with Crippen molar-refractivity contribution in [2.45, 2.75) is 6.61 Å². The number of benzene rings is 1. The van der Waals surface area contributed by atoms with Gasteiger partial charge in [-0.05, 0) is 35.9 Å². The molecule has 0 fully saturated rings. The molecule has 1 aromatic carbocycles. The molecular formula is C16H13FO5. The third-order valence-corrected chi connectivity index (χ3v) is 2.69. The van der Waals surface area contributed by atoms with Crippen molar-refractivity contribution in [1.82, 2.24) is 0 Å². The summed E-state index contributed by atoms with van der Waals surface area (Å²) in [6, 6.07) is 8.61. The van der Waals surface area contributed by atoms with E-state index in [1.165, 1.54) is 55.7 Å². The van der Waals surface area contributed by atoms with Crippen molar-refractivity contribution in [3.05, 3.63) is 65.4 Å². The first kappa shape index (κ1) is 15.5. The number of hydrogen-bond acceptors (Lipinski definition) is 5. The largest absolute Gasteiger partial charge is 0.463 e. The van der Waals surface area contributed by atoms with Gasteiger partial charge in [0.15, 0.2) is 0 Å². The van der Waals surface area contributed by atoms with E-state index in [2.05, 4.69) is 4.74 Å². The lowest BCUT2D eigenvalue weighted by atomic mass is 10.2. The standard InChI is InChI=1S/C16H13FO5/c1-20-16(19)14-8-7-13(22-14)10-21-15(18)9-4-11-2-5-12(17)6-3-11/h2-9H,10H2,1H3/b9-4+. The Bertz CT molecular complexity index is 685. The smallest absolute Gasteiger partial charge is 0.373 e. The van der Waals surface area contributed by atoms with Gasteiger partial charge in [-0.25, -0.2) is 14.0 Å². The Morgan fingerprint density at radius 3 is 2.59 bits per heavy atom. The van der Waals surface area contributed by atoms with Crippen LogP contribution in [0.4, 0.5) is 4.39 Å². The number of halogens is 1. The minimum absolute atomic E-state index is 0.0374. The molecule has 22 heavy (non-hydrogen) atoms. The van der Waals surface area contributed by atoms with Crippen LogP contribution in [-0.4, -0.2) is 19.0 Å². The fraction of sp³-hybridized carbons (Fsp3) is 0.125. The lowest BCUT2D eigenvalue weighted by Crippen LogP contribution is -2.01. The monoisotopic (exact) mass is 304 g/mol. The van der Waals surface area contributed by atoms with Crippen molar-refractivity contribution in [2.75, 3.05) is 7.11 Å². The molecule has 0 radical (unpaired) electrons. The molecule has 0 spiro atoms. The quantitative estimate of drug-likeness (QED) is 0.627. The Hall–Kier alpha value is -2.89. The third kappa shape index (κ3) is 4.31. The first-order valence-electron chi connectivity index (χ1n) is 6.36. The van der Waals surface area contributed by atoms with Crippen LogP contribution in [0.15, 0.2) is 46.9 Å². The number of rotatable bonds is 5. The van der Waals surface area contributed by atoms with Gasteiger partial charge < -0.3 is 13.9 Å². The SMILES string of the molecule is COC(=O)c1ccc(COC(=O)/C=C/c2ccc(F)cc2)o1. The van der Waals surface area contributed by atoms with Gasteiger partial charge in [-0.1, -0.05) is 12.1 Å². The van der Waals surface area contributed by atoms with Gasteiger partial charge in [-0.2, -0.15) is 0 Å². The molecule has 2 aromatic rings. The second kappa shape index (κ2) is 7.21. The maximum Gasteiger partial charge on any atom is 0.373 e. The number of carbonyl (C=O) groups excluding carboxylic acids is 2. The van der Waals surface area contributed by atoms with E-state index in [0.717, 1.165) is 0 Å². The summed E-state index contributed by atoms with van der Waals surface area (Å²) in [6.45, 7) is -0.108. The lowest BCUT2D eigenvalue weighted by Gasteiger charge is -1.99. The van der Waals surface area contributed by atoms with Crippen molar-refractivity contribution >= 4 is 18.0 Å². The van der Waals surface area contributed by atoms with Crippen LogP contribution in [0.25, 0.3) is 6.08 Å². The van der Waals surface area contributed by atoms with E-state index in [1.54, 1.807) is 0 Å². The molecule has 0 aliphatic rings. The molecule has 1 heterocycles. The summed E-state index contributed by atoms with van der Waals surface area (Å²) in [5.41, 5.74) is 0.671. The maximum absolute atomic E-state index is 12.7. The summed E-state index contributed by atoms with van der Waals surface area (Å²) in [6.07, 6.45) is 2.72. The first-order chi connectivity index (χ1) is 10.6. The molecule has 0 saturated carbocycles. The Morgan fingerprint density at radius 1 is 1.18 bits per heavy atom. The zero-order valence-electron chi connectivity index (χ0n) is 11.7. The molecule has 0 bridgehead atoms. The van der Waals surface area contributed by atoms with Gasteiger partial charge >= 0.3 is 11.9 Å². The Kier molecular flexibility index (Phi) is 5.08. The van der Waals surface area contributed by atoms with Crippen LogP contribution >= 0.6 is 0 Å². The van der Waals surface area contributed by atoms with Gasteiger partial charge in [-0.3, -0.25) is 0 Å². The van der Waals surface area contributed by atoms with Crippen LogP contribution in [0.1, 0.15) is 21.9 Å². The molecule has 1 aromatic heterocycles. The molecule has 0 N–H and O–H groups in total. The molecular weight excluding hydrogens is 291 g/mol. The van der Waals surface area contributed by atoms with Crippen molar-refractivity contribution in [3.63, 3.8) is 0 Å². The molecule has 0 aliphatic heterocycles. The van der Waals surface area contributed by atoms with Gasteiger partial charge in [-0.15, -0.1) is 0 Å². The van der Waals surface area contributed by atoms with Crippen LogP contribution in [-0.2, 0) is 20.9 Å². The summed E-state index contributed by atoms with van der Waals surface area (Å²) >= 11 is 0. The fourth-order valence-electron chi connectivity index (χ4n) is 1.59. The molecule has 0 atom stereocenters. The second-order valence-corrected chi connectivity index (χ2v) is 4.25. The van der Waals surface area contributed by atoms with Gasteiger partial charge in [0.1, 0.15) is 18.2 Å². The number of ether oxygens (including phenoxy) is 2. The van der Waals surface area contributed by atoms with Crippen molar-refractivity contribution in [2.24, 2.45) is 0 Å². The van der Waals surface area contributed by atoms with Crippen LogP contribution < -0.4 is 0 Å². The lowest BCUT2D eigenvalue weighted by molar-refractivity contribution is -0.139. The topological polar surface area (TPSA) is 65.7 Å². The number of esters is 2. The summed E-state index contributed by atoms with van der Waals surface area (Å²) in [7, 11) is 1.24. The van der Waals surface area contributed by atoms with Gasteiger partial charge in [0.05, 0.1) is 7.11 Å². The highest BCUT2D eigenvalue weighted by Crippen LogP contribution is 2.10. The summed E-state index contributed by atoms with van der Waals surface area (Å²) in [5.74, 6) is -1.17. The van der Waals surface area contributed by atoms with Gasteiger partial charge in [0.2, 0.25) is 5.76 Å². The van der Waals surface area contributed by atoms with E-state index >= 15 is 0 Å². The maximum atomic E-state index is 12.7. The van der Waals surface area contributed by atoms with Crippen molar-refractivity contribution in [1.29, 1.82) is 0 Å². The van der Waals surface area contributed by atoms with E-state index < -0.39 is 11.9 Å². The zero-order chi connectivity index (χ0) is 15.9. The van der Waals surface area contributed by atoms with E-state index in [0.29, 0.717) is 11.3 Å². The van der Waals surface area contributed by atoms with Crippen LogP contribution in [0.5, 0.6) is 0 Å². The molecule has 0 amide bonds. The van der Waals surface area contributed by atoms with E-state index in [1.807, 2.05) is 0 Å². The highest BCUT2D eigenvalue weighted by atomic mass is 19.1. The van der Waals surface area contributed by atoms with Gasteiger partial charge in [0, 0.05) is 6.08 Å². The zero-order valence-corrected chi connectivity index (χ0v) is 11.7. The van der Waals surface area contributed by atoms with Crippen molar-refractivity contribution in [3.8, 4) is 0 Å². The molecule has 114 valence electrons. The predicted octanol–water partition coefficient (Wildman–Crippen LogP) is 2.96. The fourth-order valence-corrected chi connectivity index (χ4v) is 1.59. The number of methoxy groups -OCH3 is 1. The highest BCUT2D eigenvalue weighted by molar-refractivity contribution is 5.87. The minimum atomic E-state index is -0.603. The number of hydrogen-bond donors (Lipinski definition) is 0. The number of furan rings is 1. The first-order valence-corrected chi connectivity index (χ1v) is 6.36. The molecule has 0 saturated heterocycles. The van der Waals surface area contributed by atoms with Crippen LogP contribution in [0.3, 0.4) is 0 Å². The molecule has 0 aliphatic carbocycles. The summed E-state index contributed by atoms with van der Waals surface area (Å²) in [4.78, 5) is 22.7. The molecule has 0 unspecified atom stereocenters. The number of carbonyl (C=O) groups is 2. The van der Waals surface area contributed by atoms with Crippen molar-refractivity contribution < 1.29 is 27.9 Å². The van der Waals surface area contributed by atoms with E-state index in [4.69, 9.17) is 9.15 Å². The summed E-state index contributed by atoms with van der Waals surface area (Å²) < 4.78 is 27.3. The molecule has 6 heteroatoms. The average molecular weight is 304 g/mol. The Labute approximate surface area is 125 Å². The minimum Gasteiger partial charge on any atom is -0.463 e. The normalized spacial score (nSPS) is 10.6. The van der Waals surface area contributed by atoms with E-state index in [-0.39, 0.29) is 18.2 Å². The second-order valence-electron chi connectivity index (χ2n) is 4.25. The molecule has 5 nitrogen and oxygen atoms in total. The predicted molar refractivity (Wildman–Crippen MR) is 75.3 cm³/mol. The van der Waals surface area contributed by atoms with Crippen LogP contribution in [0, 0.1) is 5.82 Å².